The van der Waals surface area contributed by atoms with Gasteiger partial charge in [-0.2, -0.15) is 0 Å². The summed E-state index contributed by atoms with van der Waals surface area (Å²) in [5.74, 6) is 0.248. The van der Waals surface area contributed by atoms with E-state index in [0.717, 1.165) is 11.8 Å². The van der Waals surface area contributed by atoms with E-state index in [9.17, 15) is 13.2 Å². The number of hydrogen-bond acceptors (Lipinski definition) is 6. The van der Waals surface area contributed by atoms with Crippen molar-refractivity contribution in [2.45, 2.75) is 11.3 Å². The Kier molecular flexibility index (Phi) is 4.90. The van der Waals surface area contributed by atoms with Crippen LogP contribution >= 0.6 is 0 Å². The molecule has 3 rings (SSSR count). The molecule has 0 saturated carbocycles. The Morgan fingerprint density at radius 3 is 2.27 bits per heavy atom. The molecule has 134 valence electrons. The first-order chi connectivity index (χ1) is 12.4. The molecule has 0 bridgehead atoms. The van der Waals surface area contributed by atoms with Crippen LogP contribution in [0, 0.1) is 0 Å². The number of benzene rings is 2. The van der Waals surface area contributed by atoms with Crippen LogP contribution in [0.5, 0.6) is 0 Å². The first-order valence-electron chi connectivity index (χ1n) is 7.81. The summed E-state index contributed by atoms with van der Waals surface area (Å²) in [6, 6.07) is 15.8. The van der Waals surface area contributed by atoms with Crippen molar-refractivity contribution in [1.82, 2.24) is 4.98 Å². The Morgan fingerprint density at radius 2 is 1.69 bits per heavy atom. The maximum atomic E-state index is 11.6. The third-order valence-corrected chi connectivity index (χ3v) is 4.92. The Bertz CT molecular complexity index is 1020. The fourth-order valence-electron chi connectivity index (χ4n) is 2.48. The van der Waals surface area contributed by atoms with E-state index in [1.165, 1.54) is 19.2 Å². The van der Waals surface area contributed by atoms with Gasteiger partial charge in [0.15, 0.2) is 15.6 Å². The largest absolute Gasteiger partial charge is 0.469 e. The highest BCUT2D eigenvalue weighted by Crippen LogP contribution is 2.33. The average molecular weight is 371 g/mol. The molecule has 0 unspecified atom stereocenters. The van der Waals surface area contributed by atoms with Gasteiger partial charge in [0, 0.05) is 17.4 Å². The minimum absolute atomic E-state index is 0.0856. The van der Waals surface area contributed by atoms with Gasteiger partial charge in [0.2, 0.25) is 5.89 Å². The molecule has 0 spiro atoms. The van der Waals surface area contributed by atoms with Gasteiger partial charge >= 0.3 is 5.97 Å². The summed E-state index contributed by atoms with van der Waals surface area (Å²) in [6.07, 6.45) is 1.07. The number of ether oxygens (including phenoxy) is 1. The lowest BCUT2D eigenvalue weighted by atomic mass is 10.1. The molecule has 2 aromatic carbocycles. The van der Waals surface area contributed by atoms with Crippen LogP contribution in [0.15, 0.2) is 63.9 Å². The number of rotatable bonds is 5. The lowest BCUT2D eigenvalue weighted by Gasteiger charge is -2.03. The number of esters is 1. The molecule has 0 aliphatic heterocycles. The number of hydrogen-bond donors (Lipinski definition) is 0. The van der Waals surface area contributed by atoms with E-state index < -0.39 is 15.8 Å². The van der Waals surface area contributed by atoms with Crippen molar-refractivity contribution in [2.75, 3.05) is 13.4 Å². The second-order valence-electron chi connectivity index (χ2n) is 5.70. The van der Waals surface area contributed by atoms with Crippen LogP contribution in [0.2, 0.25) is 0 Å². The molecule has 7 heteroatoms. The van der Waals surface area contributed by atoms with E-state index in [2.05, 4.69) is 9.72 Å². The van der Waals surface area contributed by atoms with Crippen LogP contribution in [0.1, 0.15) is 5.89 Å². The van der Waals surface area contributed by atoms with Gasteiger partial charge in [-0.25, -0.2) is 13.4 Å². The van der Waals surface area contributed by atoms with Gasteiger partial charge in [0.1, 0.15) is 12.1 Å². The smallest absolute Gasteiger partial charge is 0.314 e. The molecule has 0 atom stereocenters. The third-order valence-electron chi connectivity index (χ3n) is 3.79. The van der Waals surface area contributed by atoms with Crippen molar-refractivity contribution < 1.29 is 22.4 Å². The highest BCUT2D eigenvalue weighted by Gasteiger charge is 2.19. The van der Waals surface area contributed by atoms with Gasteiger partial charge in [0.05, 0.1) is 12.0 Å². The van der Waals surface area contributed by atoms with Crippen LogP contribution in [0.3, 0.4) is 0 Å². The lowest BCUT2D eigenvalue weighted by Crippen LogP contribution is -2.04. The quantitative estimate of drug-likeness (QED) is 0.641. The first-order valence-corrected chi connectivity index (χ1v) is 9.70. The van der Waals surface area contributed by atoms with Crippen molar-refractivity contribution >= 4 is 15.8 Å². The first kappa shape index (κ1) is 17.9. The van der Waals surface area contributed by atoms with Crippen LogP contribution in [-0.2, 0) is 25.8 Å². The Hall–Kier alpha value is -2.93. The van der Waals surface area contributed by atoms with Crippen molar-refractivity contribution in [3.8, 4) is 22.6 Å². The summed E-state index contributed by atoms with van der Waals surface area (Å²) < 4.78 is 33.7. The maximum Gasteiger partial charge on any atom is 0.314 e. The minimum atomic E-state index is -3.29. The molecular formula is C19H17NO5S. The van der Waals surface area contributed by atoms with Gasteiger partial charge in [-0.1, -0.05) is 30.3 Å². The summed E-state index contributed by atoms with van der Waals surface area (Å²) in [7, 11) is -1.99. The molecule has 0 saturated heterocycles. The molecule has 1 aromatic heterocycles. The van der Waals surface area contributed by atoms with E-state index in [1.54, 1.807) is 12.1 Å². The number of aromatic nitrogens is 1. The Labute approximate surface area is 151 Å². The van der Waals surface area contributed by atoms with Gasteiger partial charge in [-0.15, -0.1) is 0 Å². The zero-order valence-electron chi connectivity index (χ0n) is 14.3. The molecule has 6 nitrogen and oxygen atoms in total. The molecular weight excluding hydrogens is 354 g/mol. The maximum absolute atomic E-state index is 11.6. The van der Waals surface area contributed by atoms with Gasteiger partial charge in [0.25, 0.3) is 0 Å². The molecule has 0 aliphatic carbocycles. The van der Waals surface area contributed by atoms with Crippen molar-refractivity contribution in [3.05, 3.63) is 60.5 Å². The molecule has 0 amide bonds. The lowest BCUT2D eigenvalue weighted by molar-refractivity contribution is -0.140. The van der Waals surface area contributed by atoms with Crippen molar-refractivity contribution in [2.24, 2.45) is 0 Å². The van der Waals surface area contributed by atoms with E-state index in [0.29, 0.717) is 17.0 Å². The zero-order valence-corrected chi connectivity index (χ0v) is 15.1. The normalized spacial score (nSPS) is 11.3. The number of carbonyl (C=O) groups excluding carboxylic acids is 1. The van der Waals surface area contributed by atoms with Crippen LogP contribution in [-0.4, -0.2) is 32.7 Å². The third kappa shape index (κ3) is 3.83. The fraction of sp³-hybridized carbons (Fsp3) is 0.158. The molecule has 0 N–H and O–H groups in total. The van der Waals surface area contributed by atoms with Gasteiger partial charge in [-0.05, 0) is 24.3 Å². The van der Waals surface area contributed by atoms with E-state index in [4.69, 9.17) is 4.42 Å². The van der Waals surface area contributed by atoms with Gasteiger partial charge in [-0.3, -0.25) is 4.79 Å². The monoisotopic (exact) mass is 371 g/mol. The summed E-state index contributed by atoms with van der Waals surface area (Å²) >= 11 is 0. The highest BCUT2D eigenvalue weighted by atomic mass is 32.2. The zero-order chi connectivity index (χ0) is 18.7. The summed E-state index contributed by atoms with van der Waals surface area (Å²) in [5.41, 5.74) is 2.08. The van der Waals surface area contributed by atoms with Gasteiger partial charge < -0.3 is 9.15 Å². The SMILES string of the molecule is COC(=O)Cc1nc(-c2ccccc2)c(-c2ccc(S(C)(=O)=O)cc2)o1. The molecule has 0 fully saturated rings. The second-order valence-corrected chi connectivity index (χ2v) is 7.72. The number of sulfone groups is 1. The van der Waals surface area contributed by atoms with E-state index in [1.807, 2.05) is 30.3 Å². The highest BCUT2D eigenvalue weighted by molar-refractivity contribution is 7.90. The molecule has 0 radical (unpaired) electrons. The van der Waals surface area contributed by atoms with E-state index >= 15 is 0 Å². The number of oxazole rings is 1. The van der Waals surface area contributed by atoms with E-state index in [-0.39, 0.29) is 17.2 Å². The Balaban J connectivity index is 2.08. The molecule has 1 heterocycles. The summed E-state index contributed by atoms with van der Waals surface area (Å²) in [5, 5.41) is 0. The topological polar surface area (TPSA) is 86.5 Å². The number of methoxy groups -OCH3 is 1. The summed E-state index contributed by atoms with van der Waals surface area (Å²) in [6.45, 7) is 0. The Morgan fingerprint density at radius 1 is 1.04 bits per heavy atom. The minimum Gasteiger partial charge on any atom is -0.469 e. The predicted octanol–water partition coefficient (Wildman–Crippen LogP) is 3.13. The average Bonchev–Trinajstić information content (AvgIpc) is 3.05. The van der Waals surface area contributed by atoms with Crippen LogP contribution in [0.4, 0.5) is 0 Å². The second kappa shape index (κ2) is 7.13. The molecule has 26 heavy (non-hydrogen) atoms. The molecule has 0 aliphatic rings. The van der Waals surface area contributed by atoms with Crippen molar-refractivity contribution in [1.29, 1.82) is 0 Å². The standard InChI is InChI=1S/C19H17NO5S/c1-24-17(21)12-16-20-18(13-6-4-3-5-7-13)19(25-16)14-8-10-15(11-9-14)26(2,22)23/h3-11H,12H2,1-2H3. The summed E-state index contributed by atoms with van der Waals surface area (Å²) in [4.78, 5) is 16.2. The van der Waals surface area contributed by atoms with Crippen LogP contribution in [0.25, 0.3) is 22.6 Å². The van der Waals surface area contributed by atoms with Crippen molar-refractivity contribution in [3.63, 3.8) is 0 Å². The van der Waals surface area contributed by atoms with Crippen LogP contribution < -0.4 is 0 Å². The number of nitrogens with zero attached hydrogens (tertiary/aromatic N) is 1. The number of carbonyl (C=O) groups is 1. The fourth-order valence-corrected chi connectivity index (χ4v) is 3.11. The predicted molar refractivity (Wildman–Crippen MR) is 96.2 cm³/mol. The molecule has 3 aromatic rings.